The number of carbonyl (C=O) groups is 13. The smallest absolute Gasteiger partial charge is 0.345 e. The number of carboxylic acids is 1. The summed E-state index contributed by atoms with van der Waals surface area (Å²) in [5.74, 6) is -10.6. The Labute approximate surface area is 605 Å². The molecule has 5 aromatic rings. The summed E-state index contributed by atoms with van der Waals surface area (Å²) in [6, 6.07) is 13.2. The molecule has 1 aliphatic rings. The molecule has 104 heavy (non-hydrogen) atoms. The first-order chi connectivity index (χ1) is 49.7. The van der Waals surface area contributed by atoms with Crippen LogP contribution in [0.15, 0.2) is 107 Å². The van der Waals surface area contributed by atoms with Gasteiger partial charge in [-0.15, -0.1) is 0 Å². The van der Waals surface area contributed by atoms with Crippen LogP contribution in [0.1, 0.15) is 106 Å². The third kappa shape index (κ3) is 25.4. The lowest BCUT2D eigenvalue weighted by Gasteiger charge is -2.28. The molecule has 6 rings (SSSR count). The molecule has 3 heterocycles. The zero-order valence-corrected chi connectivity index (χ0v) is 59.4. The maximum atomic E-state index is 15.4. The number of amides is 12. The summed E-state index contributed by atoms with van der Waals surface area (Å²) in [4.78, 5) is 188. The number of carboxylic acid groups (broad SMARTS) is 1. The number of rotatable bonds is 28. The molecule has 560 valence electrons. The highest BCUT2D eigenvalue weighted by atomic mass is 32.2. The predicted octanol–water partition coefficient (Wildman–Crippen LogP) is -1.11. The van der Waals surface area contributed by atoms with Crippen molar-refractivity contribution in [3.63, 3.8) is 0 Å². The zero-order chi connectivity index (χ0) is 76.0. The van der Waals surface area contributed by atoms with Gasteiger partial charge in [0.2, 0.25) is 59.1 Å². The van der Waals surface area contributed by atoms with E-state index >= 15 is 4.79 Å². The van der Waals surface area contributed by atoms with Crippen LogP contribution >= 0.6 is 11.8 Å². The molecule has 0 bridgehead atoms. The van der Waals surface area contributed by atoms with E-state index < -0.39 is 158 Å². The van der Waals surface area contributed by atoms with Crippen molar-refractivity contribution in [1.82, 2.24) is 78.1 Å². The number of pyridine rings is 1. The number of hydrogen-bond donors (Lipinski definition) is 16. The Morgan fingerprint density at radius 3 is 1.90 bits per heavy atom. The quantitative estimate of drug-likeness (QED) is 0.0282. The zero-order valence-electron chi connectivity index (χ0n) is 58.6. The molecule has 1 saturated heterocycles. The van der Waals surface area contributed by atoms with E-state index in [-0.39, 0.29) is 88.6 Å². The van der Waals surface area contributed by atoms with Gasteiger partial charge >= 0.3 is 12.0 Å². The minimum Gasteiger partial charge on any atom is -0.481 e. The second kappa shape index (κ2) is 41.4. The third-order valence-electron chi connectivity index (χ3n) is 16.4. The molecular weight excluding hydrogens is 1360 g/mol. The summed E-state index contributed by atoms with van der Waals surface area (Å²) in [5.41, 5.74) is 19.9. The minimum absolute atomic E-state index is 0.0275. The highest BCUT2D eigenvalue weighted by Crippen LogP contribution is 2.34. The van der Waals surface area contributed by atoms with Crippen LogP contribution in [-0.4, -0.2) is 214 Å². The number of aliphatic carboxylic acids is 1. The van der Waals surface area contributed by atoms with Crippen LogP contribution in [0.2, 0.25) is 0 Å². The van der Waals surface area contributed by atoms with Gasteiger partial charge in [0.05, 0.1) is 28.6 Å². The molecule has 0 radical (unpaired) electrons. The monoisotopic (exact) mass is 1460 g/mol. The first-order valence-corrected chi connectivity index (χ1v) is 34.9. The van der Waals surface area contributed by atoms with Crippen LogP contribution in [0.4, 0.5) is 4.79 Å². The second-order valence-electron chi connectivity index (χ2n) is 25.0. The molecule has 0 spiro atoms. The van der Waals surface area contributed by atoms with Gasteiger partial charge < -0.3 is 90.8 Å². The van der Waals surface area contributed by atoms with Crippen molar-refractivity contribution in [3.8, 4) is 0 Å². The molecule has 0 aliphatic carbocycles. The fourth-order valence-corrected chi connectivity index (χ4v) is 12.0. The molecule has 19 N–H and O–H groups in total. The van der Waals surface area contributed by atoms with Crippen molar-refractivity contribution in [2.45, 2.75) is 150 Å². The van der Waals surface area contributed by atoms with Crippen LogP contribution in [0.5, 0.6) is 0 Å². The number of benzene rings is 3. The standard InChI is InChI=1S/C70H94N18O15S/c1-40(2)37-54-67(100)82-50(24-29-71)63(96)81-52(26-31-73)66(99)85-60(41(3)89)69(102)76-33-27-53(65(98)80-51(25-30-72)64(97)84-55(68(101)83-54)38-43-13-7-6-8-14-43)79-58(91)28-35-87(36-34-77-62(95)49(78-42(4)90)22-23-59(92)93)70(103)88-56-39-45(104-57-17-10-9-16-47(57)61(94)74-5)19-20-46(56)48(86-88)21-18-44-15-11-12-32-75-44/h6-21,32,39-41,49-55,60,89H,22-31,33-38,71-73H2,1-5H3,(H,74,94)(H,76,102)(H,77,95)(H,78,90)(H,79,91)(H,80,98)(H,81,96)(H,82,100)(H,83,101)(H,84,97)(H,85,99)(H,92,93)/b21-18+/t41-,49+,50+,51+,52+,53+,54+,55-,60+/m1/s1. The Kier molecular flexibility index (Phi) is 32.8. The molecule has 2 aromatic heterocycles. The van der Waals surface area contributed by atoms with Gasteiger partial charge in [0.25, 0.3) is 5.91 Å². The number of carbonyl (C=O) groups excluding carboxylic acids is 12. The molecule has 3 aromatic carbocycles. The largest absolute Gasteiger partial charge is 0.481 e. The van der Waals surface area contributed by atoms with Gasteiger partial charge in [-0.3, -0.25) is 62.5 Å². The summed E-state index contributed by atoms with van der Waals surface area (Å²) in [6.45, 7) is 3.74. The fraction of sp³-hybridized carbons (Fsp3) is 0.443. The van der Waals surface area contributed by atoms with Gasteiger partial charge in [0, 0.05) is 80.8 Å². The molecule has 1 aliphatic heterocycles. The normalized spacial score (nSPS) is 19.6. The summed E-state index contributed by atoms with van der Waals surface area (Å²) in [5, 5.41) is 54.2. The lowest BCUT2D eigenvalue weighted by atomic mass is 10.00. The van der Waals surface area contributed by atoms with Crippen LogP contribution in [0, 0.1) is 5.92 Å². The van der Waals surface area contributed by atoms with E-state index in [9.17, 15) is 67.7 Å². The molecule has 0 saturated carbocycles. The number of aromatic nitrogens is 3. The van der Waals surface area contributed by atoms with Gasteiger partial charge in [0.1, 0.15) is 48.3 Å². The first-order valence-electron chi connectivity index (χ1n) is 34.1. The number of aliphatic hydroxyl groups is 1. The molecule has 0 unspecified atom stereocenters. The molecule has 12 amide bonds. The molecular formula is C70H94N18O15S. The maximum absolute atomic E-state index is 15.4. The van der Waals surface area contributed by atoms with E-state index in [2.05, 4.69) is 63.5 Å². The topological polar surface area (TPSA) is 507 Å². The summed E-state index contributed by atoms with van der Waals surface area (Å²) in [6.07, 6.45) is 0.774. The van der Waals surface area contributed by atoms with Crippen LogP contribution in [0.3, 0.4) is 0 Å². The highest BCUT2D eigenvalue weighted by Gasteiger charge is 2.36. The van der Waals surface area contributed by atoms with Crippen LogP contribution in [-0.2, 0) is 59.2 Å². The number of aliphatic hydroxyl groups excluding tert-OH is 1. The SMILES string of the molecule is CNC(=O)c1ccccc1Sc1ccc2c(/C=C/c3ccccn3)nn(C(=O)N(CCNC(=O)[C@H](CCC(=O)O)NC(C)=O)CCC(=O)N[C@H]3CCNC(=O)[C@H]([C@@H](C)O)NC(=O)[C@H](CCN)NC(=O)[C@H](CCN)NC(=O)[C@H](CC(C)C)NC(=O)[C@@H](Cc4ccccc4)NC(=O)[C@H](CCN)NC3=O)c2c1. The third-order valence-corrected chi connectivity index (χ3v) is 17.5. The average molecular weight is 1460 g/mol. The van der Waals surface area contributed by atoms with Crippen molar-refractivity contribution in [1.29, 1.82) is 0 Å². The predicted molar refractivity (Wildman–Crippen MR) is 385 cm³/mol. The number of nitrogens with zero attached hydrogens (tertiary/aromatic N) is 4. The van der Waals surface area contributed by atoms with E-state index in [4.69, 9.17) is 22.3 Å². The van der Waals surface area contributed by atoms with Crippen molar-refractivity contribution in [2.75, 3.05) is 52.9 Å². The Balaban J connectivity index is 1.40. The van der Waals surface area contributed by atoms with Gasteiger partial charge in [-0.1, -0.05) is 74.1 Å². The first kappa shape index (κ1) is 82.3. The van der Waals surface area contributed by atoms with E-state index in [1.54, 1.807) is 123 Å². The average Bonchev–Trinajstić information content (AvgIpc) is 1.62. The lowest BCUT2D eigenvalue weighted by Crippen LogP contribution is -2.61. The van der Waals surface area contributed by atoms with Gasteiger partial charge in [-0.2, -0.15) is 9.78 Å². The lowest BCUT2D eigenvalue weighted by molar-refractivity contribution is -0.138. The summed E-state index contributed by atoms with van der Waals surface area (Å²) in [7, 11) is 1.50. The Hall–Kier alpha value is -10.7. The van der Waals surface area contributed by atoms with E-state index in [0.29, 0.717) is 37.7 Å². The number of hydrogen-bond acceptors (Lipinski definition) is 20. The van der Waals surface area contributed by atoms with Crippen LogP contribution in [0.25, 0.3) is 23.1 Å². The number of fused-ring (bicyclic) bond motifs is 1. The molecule has 34 heteroatoms. The molecule has 33 nitrogen and oxygen atoms in total. The highest BCUT2D eigenvalue weighted by molar-refractivity contribution is 7.99. The molecule has 1 fully saturated rings. The number of nitrogens with one attached hydrogen (secondary N) is 11. The van der Waals surface area contributed by atoms with Crippen LogP contribution < -0.4 is 75.7 Å². The van der Waals surface area contributed by atoms with E-state index in [1.807, 2.05) is 0 Å². The maximum Gasteiger partial charge on any atom is 0.345 e. The number of nitrogens with two attached hydrogens (primary N) is 3. The van der Waals surface area contributed by atoms with Gasteiger partial charge in [0.15, 0.2) is 0 Å². The van der Waals surface area contributed by atoms with Gasteiger partial charge in [-0.25, -0.2) is 4.79 Å². The Morgan fingerprint density at radius 2 is 1.30 bits per heavy atom. The summed E-state index contributed by atoms with van der Waals surface area (Å²) < 4.78 is 1.08. The van der Waals surface area contributed by atoms with Crippen molar-refractivity contribution in [2.24, 2.45) is 23.1 Å². The minimum atomic E-state index is -1.71. The van der Waals surface area contributed by atoms with Gasteiger partial charge in [-0.05, 0) is 131 Å². The van der Waals surface area contributed by atoms with Crippen molar-refractivity contribution < 1.29 is 72.5 Å². The van der Waals surface area contributed by atoms with Crippen molar-refractivity contribution in [3.05, 3.63) is 120 Å². The van der Waals surface area contributed by atoms with E-state index in [0.717, 1.165) is 16.5 Å². The Bertz CT molecular complexity index is 3860. The Morgan fingerprint density at radius 1 is 0.702 bits per heavy atom. The van der Waals surface area contributed by atoms with Crippen molar-refractivity contribution >= 4 is 112 Å². The second-order valence-corrected chi connectivity index (χ2v) is 26.1. The summed E-state index contributed by atoms with van der Waals surface area (Å²) >= 11 is 1.23. The molecule has 9 atom stereocenters. The van der Waals surface area contributed by atoms with E-state index in [1.165, 1.54) is 25.7 Å². The fourth-order valence-electron chi connectivity index (χ4n) is 11.1.